The number of ketones is 1. The molecular formula is C24H18ClN7O3. The third kappa shape index (κ3) is 4.64. The molecule has 0 aliphatic rings. The number of ether oxygens (including phenoxy) is 1. The first-order valence-corrected chi connectivity index (χ1v) is 10.9. The van der Waals surface area contributed by atoms with Crippen LogP contribution in [0.2, 0.25) is 5.02 Å². The summed E-state index contributed by atoms with van der Waals surface area (Å²) >= 11 is 6.24. The van der Waals surface area contributed by atoms with E-state index in [2.05, 4.69) is 25.5 Å². The van der Waals surface area contributed by atoms with E-state index in [1.807, 2.05) is 18.2 Å². The first-order valence-electron chi connectivity index (χ1n) is 10.5. The molecule has 0 fully saturated rings. The predicted molar refractivity (Wildman–Crippen MR) is 129 cm³/mol. The molecule has 0 bridgehead atoms. The summed E-state index contributed by atoms with van der Waals surface area (Å²) in [5.74, 6) is 0.261. The van der Waals surface area contributed by atoms with Crippen molar-refractivity contribution in [2.24, 2.45) is 0 Å². The molecule has 3 heterocycles. The topological polar surface area (TPSA) is 118 Å². The van der Waals surface area contributed by atoms with Crippen molar-refractivity contribution in [1.82, 2.24) is 34.7 Å². The van der Waals surface area contributed by atoms with Crippen LogP contribution >= 0.6 is 11.6 Å². The molecule has 0 atom stereocenters. The first kappa shape index (κ1) is 22.4. The van der Waals surface area contributed by atoms with Gasteiger partial charge in [-0.1, -0.05) is 17.7 Å². The van der Waals surface area contributed by atoms with Crippen LogP contribution in [0.4, 0.5) is 0 Å². The van der Waals surface area contributed by atoms with Crippen LogP contribution < -0.4 is 10.3 Å². The number of carbonyl (C=O) groups excluding carboxylic acids is 1. The standard InChI is InChI=1S/C24H18ClN7O3/c1-35-23-13-31(12-17(33)8-15-2-4-20-21(9-15)27-7-6-26-20)24(34)11-19(23)18-10-16(25)3-5-22(18)32-14-28-29-30-32/h2-7,9-11,13-14H,8,12H2,1H3. The molecule has 0 spiro atoms. The molecule has 5 rings (SSSR count). The second-order valence-corrected chi connectivity index (χ2v) is 8.17. The second kappa shape index (κ2) is 9.43. The van der Waals surface area contributed by atoms with Crippen molar-refractivity contribution >= 4 is 28.4 Å². The Morgan fingerprint density at radius 3 is 2.63 bits per heavy atom. The number of tetrazole rings is 1. The van der Waals surface area contributed by atoms with Gasteiger partial charge in [-0.05, 0) is 46.3 Å². The van der Waals surface area contributed by atoms with Gasteiger partial charge in [-0.3, -0.25) is 19.6 Å². The fourth-order valence-electron chi connectivity index (χ4n) is 3.84. The molecule has 35 heavy (non-hydrogen) atoms. The highest BCUT2D eigenvalue weighted by Gasteiger charge is 2.17. The molecule has 0 unspecified atom stereocenters. The summed E-state index contributed by atoms with van der Waals surface area (Å²) in [6.07, 6.45) is 6.34. The summed E-state index contributed by atoms with van der Waals surface area (Å²) in [7, 11) is 1.49. The van der Waals surface area contributed by atoms with Gasteiger partial charge < -0.3 is 9.30 Å². The summed E-state index contributed by atoms with van der Waals surface area (Å²) in [6.45, 7) is -0.108. The Morgan fingerprint density at radius 1 is 1.03 bits per heavy atom. The van der Waals surface area contributed by atoms with Crippen LogP contribution in [0.3, 0.4) is 0 Å². The molecular weight excluding hydrogens is 470 g/mol. The van der Waals surface area contributed by atoms with Crippen LogP contribution in [0.1, 0.15) is 5.56 Å². The van der Waals surface area contributed by atoms with Gasteiger partial charge in [0.25, 0.3) is 5.56 Å². The Labute approximate surface area is 203 Å². The molecule has 0 radical (unpaired) electrons. The number of aromatic nitrogens is 7. The van der Waals surface area contributed by atoms with Crippen LogP contribution in [0, 0.1) is 0 Å². The monoisotopic (exact) mass is 487 g/mol. The van der Waals surface area contributed by atoms with E-state index >= 15 is 0 Å². The van der Waals surface area contributed by atoms with Gasteiger partial charge >= 0.3 is 0 Å². The fourth-order valence-corrected chi connectivity index (χ4v) is 4.01. The number of Topliss-reactive ketones (excluding diaryl/α,β-unsaturated/α-hetero) is 1. The molecule has 0 saturated carbocycles. The summed E-state index contributed by atoms with van der Waals surface area (Å²) in [5.41, 5.74) is 3.62. The Bertz CT molecular complexity index is 1600. The lowest BCUT2D eigenvalue weighted by Crippen LogP contribution is -2.24. The van der Waals surface area contributed by atoms with Crippen LogP contribution in [0.25, 0.3) is 27.8 Å². The number of rotatable bonds is 7. The minimum absolute atomic E-state index is 0.108. The van der Waals surface area contributed by atoms with Gasteiger partial charge in [0.15, 0.2) is 5.78 Å². The molecule has 11 heteroatoms. The quantitative estimate of drug-likeness (QED) is 0.344. The number of fused-ring (bicyclic) bond motifs is 1. The molecule has 3 aromatic heterocycles. The van der Waals surface area contributed by atoms with Crippen molar-refractivity contribution in [3.05, 3.63) is 88.3 Å². The summed E-state index contributed by atoms with van der Waals surface area (Å²) in [6, 6.07) is 12.0. The Kier molecular flexibility index (Phi) is 6.02. The van der Waals surface area contributed by atoms with E-state index < -0.39 is 0 Å². The first-order chi connectivity index (χ1) is 17.0. The van der Waals surface area contributed by atoms with Crippen LogP contribution in [-0.4, -0.2) is 47.6 Å². The third-order valence-corrected chi connectivity index (χ3v) is 5.67. The van der Waals surface area contributed by atoms with Gasteiger partial charge in [0.05, 0.1) is 36.6 Å². The number of pyridine rings is 1. The zero-order valence-electron chi connectivity index (χ0n) is 18.5. The van der Waals surface area contributed by atoms with Crippen molar-refractivity contribution < 1.29 is 9.53 Å². The summed E-state index contributed by atoms with van der Waals surface area (Å²) in [4.78, 5) is 34.3. The Balaban J connectivity index is 1.45. The minimum atomic E-state index is -0.360. The highest BCUT2D eigenvalue weighted by atomic mass is 35.5. The smallest absolute Gasteiger partial charge is 0.251 e. The second-order valence-electron chi connectivity index (χ2n) is 7.73. The third-order valence-electron chi connectivity index (χ3n) is 5.44. The van der Waals surface area contributed by atoms with E-state index in [0.29, 0.717) is 33.1 Å². The minimum Gasteiger partial charge on any atom is -0.495 e. The van der Waals surface area contributed by atoms with Crippen LogP contribution in [0.5, 0.6) is 5.75 Å². The van der Waals surface area contributed by atoms with Crippen molar-refractivity contribution in [2.75, 3.05) is 7.11 Å². The van der Waals surface area contributed by atoms with E-state index in [1.54, 1.807) is 30.6 Å². The highest BCUT2D eigenvalue weighted by Crippen LogP contribution is 2.34. The maximum atomic E-state index is 13.0. The van der Waals surface area contributed by atoms with Crippen molar-refractivity contribution in [2.45, 2.75) is 13.0 Å². The van der Waals surface area contributed by atoms with E-state index in [-0.39, 0.29) is 24.3 Å². The maximum absolute atomic E-state index is 13.0. The predicted octanol–water partition coefficient (Wildman–Crippen LogP) is 2.91. The summed E-state index contributed by atoms with van der Waals surface area (Å²) < 4.78 is 8.36. The van der Waals surface area contributed by atoms with Crippen molar-refractivity contribution in [1.29, 1.82) is 0 Å². The maximum Gasteiger partial charge on any atom is 0.251 e. The average Bonchev–Trinajstić information content (AvgIpc) is 3.39. The molecule has 0 aliphatic carbocycles. The van der Waals surface area contributed by atoms with E-state index in [4.69, 9.17) is 16.3 Å². The van der Waals surface area contributed by atoms with E-state index in [9.17, 15) is 9.59 Å². The zero-order chi connectivity index (χ0) is 24.4. The molecule has 2 aromatic carbocycles. The van der Waals surface area contributed by atoms with E-state index in [1.165, 1.54) is 34.9 Å². The average molecular weight is 488 g/mol. The van der Waals surface area contributed by atoms with Gasteiger partial charge in [-0.25, -0.2) is 0 Å². The normalized spacial score (nSPS) is 11.0. The largest absolute Gasteiger partial charge is 0.495 e. The Morgan fingerprint density at radius 2 is 1.86 bits per heavy atom. The van der Waals surface area contributed by atoms with Crippen molar-refractivity contribution in [3.8, 4) is 22.6 Å². The van der Waals surface area contributed by atoms with Crippen LogP contribution in [0.15, 0.2) is 72.2 Å². The number of methoxy groups -OCH3 is 1. The van der Waals surface area contributed by atoms with Crippen LogP contribution in [-0.2, 0) is 17.8 Å². The fraction of sp³-hybridized carbons (Fsp3) is 0.125. The lowest BCUT2D eigenvalue weighted by molar-refractivity contribution is -0.119. The number of nitrogens with zero attached hydrogens (tertiary/aromatic N) is 7. The lowest BCUT2D eigenvalue weighted by atomic mass is 10.0. The molecule has 0 saturated heterocycles. The number of benzene rings is 2. The molecule has 0 amide bonds. The van der Waals surface area contributed by atoms with Gasteiger partial charge in [0.2, 0.25) is 0 Å². The van der Waals surface area contributed by atoms with Gasteiger partial charge in [0.1, 0.15) is 12.1 Å². The molecule has 0 N–H and O–H groups in total. The number of hydrogen-bond acceptors (Lipinski definition) is 8. The molecule has 10 nitrogen and oxygen atoms in total. The van der Waals surface area contributed by atoms with Gasteiger partial charge in [-0.15, -0.1) is 5.10 Å². The molecule has 5 aromatic rings. The molecule has 174 valence electrons. The number of carbonyl (C=O) groups is 1. The SMILES string of the molecule is COc1cn(CC(=O)Cc2ccc3nccnc3c2)c(=O)cc1-c1cc(Cl)ccc1-n1cnnn1. The Hall–Kier alpha value is -4.44. The van der Waals surface area contributed by atoms with Crippen molar-refractivity contribution in [3.63, 3.8) is 0 Å². The molecule has 0 aliphatic heterocycles. The number of hydrogen-bond donors (Lipinski definition) is 0. The highest BCUT2D eigenvalue weighted by molar-refractivity contribution is 6.31. The van der Waals surface area contributed by atoms with E-state index in [0.717, 1.165) is 11.1 Å². The zero-order valence-corrected chi connectivity index (χ0v) is 19.3. The summed E-state index contributed by atoms with van der Waals surface area (Å²) in [5, 5.41) is 11.7. The van der Waals surface area contributed by atoms with Gasteiger partial charge in [-0.2, -0.15) is 4.68 Å². The van der Waals surface area contributed by atoms with Gasteiger partial charge in [0, 0.05) is 41.0 Å². The lowest BCUT2D eigenvalue weighted by Gasteiger charge is -2.15. The number of halogens is 1.